The van der Waals surface area contributed by atoms with Crippen LogP contribution in [0, 0.1) is 5.82 Å². The zero-order chi connectivity index (χ0) is 22.7. The number of aryl methyl sites for hydroxylation is 1. The number of nitrogens with one attached hydrogen (secondary N) is 2. The zero-order valence-electron chi connectivity index (χ0n) is 18.0. The van der Waals surface area contributed by atoms with Crippen LogP contribution in [0.4, 0.5) is 15.8 Å². The summed E-state index contributed by atoms with van der Waals surface area (Å²) in [6, 6.07) is 21.6. The molecular formula is C26H24FN3O2. The third-order valence-electron chi connectivity index (χ3n) is 5.54. The number of hydrogen-bond acceptors (Lipinski definition) is 2. The van der Waals surface area contributed by atoms with E-state index in [1.165, 1.54) is 24.0 Å². The topological polar surface area (TPSA) is 65.2 Å². The fourth-order valence-corrected chi connectivity index (χ4v) is 3.74. The highest BCUT2D eigenvalue weighted by Gasteiger charge is 2.15. The number of aromatic nitrogens is 1. The molecule has 4 rings (SSSR count). The van der Waals surface area contributed by atoms with E-state index in [0.29, 0.717) is 12.1 Å². The molecule has 1 aromatic heterocycles. The first-order chi connectivity index (χ1) is 15.4. The molecule has 0 fully saturated rings. The molecule has 1 heterocycles. The van der Waals surface area contributed by atoms with Gasteiger partial charge in [-0.25, -0.2) is 4.39 Å². The Hall–Kier alpha value is -3.93. The average Bonchev–Trinajstić information content (AvgIpc) is 3.16. The van der Waals surface area contributed by atoms with E-state index in [1.54, 1.807) is 37.4 Å². The van der Waals surface area contributed by atoms with Crippen molar-refractivity contribution in [2.24, 2.45) is 0 Å². The number of carbonyl (C=O) groups excluding carboxylic acids is 2. The molecule has 2 amide bonds. The maximum Gasteiger partial charge on any atom is 0.224 e. The molecular weight excluding hydrogens is 405 g/mol. The summed E-state index contributed by atoms with van der Waals surface area (Å²) in [5.41, 5.74) is 5.05. The van der Waals surface area contributed by atoms with Crippen molar-refractivity contribution in [3.05, 3.63) is 84.2 Å². The standard InChI is InChI=1S/C26H24FN3O2/c1-17(31)30(2)21-11-9-20(10-12-21)28-25(32)15-13-22-23-16-19(27)8-14-24(23)29-26(22)18-6-4-3-5-7-18/h3-12,14,16,29H,13,15H2,1-2H3,(H,28,32). The molecule has 4 aromatic rings. The fraction of sp³-hybridized carbons (Fsp3) is 0.154. The van der Waals surface area contributed by atoms with Gasteiger partial charge in [-0.3, -0.25) is 9.59 Å². The lowest BCUT2D eigenvalue weighted by molar-refractivity contribution is -0.117. The van der Waals surface area contributed by atoms with Crippen LogP contribution in [0.3, 0.4) is 0 Å². The number of amides is 2. The van der Waals surface area contributed by atoms with Gasteiger partial charge in [0.05, 0.1) is 0 Å². The van der Waals surface area contributed by atoms with Crippen molar-refractivity contribution in [3.8, 4) is 11.3 Å². The van der Waals surface area contributed by atoms with Crippen molar-refractivity contribution in [1.29, 1.82) is 0 Å². The fourth-order valence-electron chi connectivity index (χ4n) is 3.74. The molecule has 162 valence electrons. The number of carbonyl (C=O) groups is 2. The van der Waals surface area contributed by atoms with Crippen molar-refractivity contribution >= 4 is 34.1 Å². The number of anilines is 2. The molecule has 5 nitrogen and oxygen atoms in total. The van der Waals surface area contributed by atoms with Crippen molar-refractivity contribution in [3.63, 3.8) is 0 Å². The predicted molar refractivity (Wildman–Crippen MR) is 126 cm³/mol. The lowest BCUT2D eigenvalue weighted by Crippen LogP contribution is -2.22. The van der Waals surface area contributed by atoms with Crippen LogP contribution in [0.15, 0.2) is 72.8 Å². The van der Waals surface area contributed by atoms with E-state index < -0.39 is 0 Å². The van der Waals surface area contributed by atoms with E-state index in [2.05, 4.69) is 10.3 Å². The van der Waals surface area contributed by atoms with Gasteiger partial charge in [0.2, 0.25) is 11.8 Å². The summed E-state index contributed by atoms with van der Waals surface area (Å²) in [5, 5.41) is 3.68. The second kappa shape index (κ2) is 9.06. The van der Waals surface area contributed by atoms with Gasteiger partial charge >= 0.3 is 0 Å². The first kappa shape index (κ1) is 21.3. The third-order valence-corrected chi connectivity index (χ3v) is 5.54. The number of H-pyrrole nitrogens is 1. The second-order valence-corrected chi connectivity index (χ2v) is 7.71. The van der Waals surface area contributed by atoms with Crippen LogP contribution < -0.4 is 10.2 Å². The van der Waals surface area contributed by atoms with Crippen LogP contribution in [-0.4, -0.2) is 23.8 Å². The molecule has 32 heavy (non-hydrogen) atoms. The minimum Gasteiger partial charge on any atom is -0.354 e. The molecule has 0 atom stereocenters. The van der Waals surface area contributed by atoms with Crippen LogP contribution >= 0.6 is 0 Å². The van der Waals surface area contributed by atoms with Crippen LogP contribution in [0.25, 0.3) is 22.2 Å². The highest BCUT2D eigenvalue weighted by Crippen LogP contribution is 2.32. The highest BCUT2D eigenvalue weighted by atomic mass is 19.1. The number of fused-ring (bicyclic) bond motifs is 1. The molecule has 0 aliphatic carbocycles. The van der Waals surface area contributed by atoms with E-state index in [9.17, 15) is 14.0 Å². The number of aromatic amines is 1. The summed E-state index contributed by atoms with van der Waals surface area (Å²) in [7, 11) is 1.70. The first-order valence-electron chi connectivity index (χ1n) is 10.4. The second-order valence-electron chi connectivity index (χ2n) is 7.71. The number of nitrogens with zero attached hydrogens (tertiary/aromatic N) is 1. The van der Waals surface area contributed by atoms with Crippen LogP contribution in [0.1, 0.15) is 18.9 Å². The Labute approximate surface area is 185 Å². The normalized spacial score (nSPS) is 10.8. The first-order valence-corrected chi connectivity index (χ1v) is 10.4. The monoisotopic (exact) mass is 429 g/mol. The quantitative estimate of drug-likeness (QED) is 0.423. The molecule has 0 aliphatic rings. The lowest BCUT2D eigenvalue weighted by Gasteiger charge is -2.15. The van der Waals surface area contributed by atoms with E-state index in [1.807, 2.05) is 30.3 Å². The number of rotatable bonds is 6. The van der Waals surface area contributed by atoms with Gasteiger partial charge < -0.3 is 15.2 Å². The van der Waals surface area contributed by atoms with E-state index in [4.69, 9.17) is 0 Å². The van der Waals surface area contributed by atoms with Crippen molar-refractivity contribution in [2.75, 3.05) is 17.3 Å². The molecule has 0 spiro atoms. The van der Waals surface area contributed by atoms with Crippen LogP contribution in [0.2, 0.25) is 0 Å². The van der Waals surface area contributed by atoms with Gasteiger partial charge in [-0.05, 0) is 60.0 Å². The van der Waals surface area contributed by atoms with E-state index in [0.717, 1.165) is 33.4 Å². The molecule has 0 unspecified atom stereocenters. The van der Waals surface area contributed by atoms with Gasteiger partial charge in [0.25, 0.3) is 0 Å². The Morgan fingerprint density at radius 2 is 1.72 bits per heavy atom. The Morgan fingerprint density at radius 1 is 1.00 bits per heavy atom. The Balaban J connectivity index is 1.52. The van der Waals surface area contributed by atoms with Crippen LogP contribution in [-0.2, 0) is 16.0 Å². The van der Waals surface area contributed by atoms with Crippen molar-refractivity contribution in [2.45, 2.75) is 19.8 Å². The maximum atomic E-state index is 13.9. The smallest absolute Gasteiger partial charge is 0.224 e. The number of benzene rings is 3. The van der Waals surface area contributed by atoms with Gasteiger partial charge in [0.15, 0.2) is 0 Å². The highest BCUT2D eigenvalue weighted by molar-refractivity contribution is 5.95. The Kier molecular flexibility index (Phi) is 6.03. The summed E-state index contributed by atoms with van der Waals surface area (Å²) in [6.45, 7) is 1.50. The minimum absolute atomic E-state index is 0.0637. The zero-order valence-corrected chi connectivity index (χ0v) is 18.0. The minimum atomic E-state index is -0.308. The maximum absolute atomic E-state index is 13.9. The summed E-state index contributed by atoms with van der Waals surface area (Å²) in [6.07, 6.45) is 0.711. The van der Waals surface area contributed by atoms with E-state index in [-0.39, 0.29) is 24.1 Å². The van der Waals surface area contributed by atoms with Gasteiger partial charge in [-0.1, -0.05) is 30.3 Å². The SMILES string of the molecule is CC(=O)N(C)c1ccc(NC(=O)CCc2c(-c3ccccc3)[nH]c3ccc(F)cc23)cc1. The lowest BCUT2D eigenvalue weighted by atomic mass is 10.0. The molecule has 6 heteroatoms. The predicted octanol–water partition coefficient (Wildman–Crippen LogP) is 5.53. The average molecular weight is 429 g/mol. The Morgan fingerprint density at radius 3 is 2.41 bits per heavy atom. The third kappa shape index (κ3) is 4.54. The molecule has 0 saturated heterocycles. The van der Waals surface area contributed by atoms with Crippen LogP contribution in [0.5, 0.6) is 0 Å². The summed E-state index contributed by atoms with van der Waals surface area (Å²) in [5.74, 6) is -0.508. The molecule has 0 saturated carbocycles. The number of hydrogen-bond donors (Lipinski definition) is 2. The largest absolute Gasteiger partial charge is 0.354 e. The van der Waals surface area contributed by atoms with Crippen molar-refractivity contribution < 1.29 is 14.0 Å². The Bertz CT molecular complexity index is 1260. The van der Waals surface area contributed by atoms with Crippen molar-refractivity contribution in [1.82, 2.24) is 4.98 Å². The molecule has 2 N–H and O–H groups in total. The van der Waals surface area contributed by atoms with Gasteiger partial charge in [0.1, 0.15) is 5.82 Å². The van der Waals surface area contributed by atoms with E-state index >= 15 is 0 Å². The molecule has 0 radical (unpaired) electrons. The molecule has 0 aliphatic heterocycles. The molecule has 0 bridgehead atoms. The molecule has 3 aromatic carbocycles. The number of halogens is 1. The summed E-state index contributed by atoms with van der Waals surface area (Å²) < 4.78 is 13.9. The summed E-state index contributed by atoms with van der Waals surface area (Å²) >= 11 is 0. The van der Waals surface area contributed by atoms with Gasteiger partial charge in [0, 0.05) is 48.4 Å². The van der Waals surface area contributed by atoms with Gasteiger partial charge in [-0.15, -0.1) is 0 Å². The van der Waals surface area contributed by atoms with Gasteiger partial charge in [-0.2, -0.15) is 0 Å². The summed E-state index contributed by atoms with van der Waals surface area (Å²) in [4.78, 5) is 29.0.